The Morgan fingerprint density at radius 2 is 1.23 bits per heavy atom. The summed E-state index contributed by atoms with van der Waals surface area (Å²) in [6.07, 6.45) is 0.656. The Balaban J connectivity index is 1.28. The number of nitrogens with zero attached hydrogens (tertiary/aromatic N) is 1. The summed E-state index contributed by atoms with van der Waals surface area (Å²) in [7, 11) is 0. The van der Waals surface area contributed by atoms with Gasteiger partial charge in [-0.2, -0.15) is 14.0 Å². The molecule has 0 N–H and O–H groups in total. The highest BCUT2D eigenvalue weighted by Gasteiger charge is 2.35. The molecular weight excluding hydrogens is 569 g/mol. The van der Waals surface area contributed by atoms with Crippen LogP contribution < -0.4 is 4.74 Å². The molecule has 5 aromatic carbocycles. The van der Waals surface area contributed by atoms with Crippen molar-refractivity contribution in [1.29, 1.82) is 5.26 Å². The van der Waals surface area contributed by atoms with Crippen molar-refractivity contribution < 1.29 is 26.7 Å². The second kappa shape index (κ2) is 13.1. The summed E-state index contributed by atoms with van der Waals surface area (Å²) in [6, 6.07) is 26.3. The van der Waals surface area contributed by atoms with Crippen LogP contribution in [-0.2, 0) is 12.5 Å². The molecule has 5 rings (SSSR count). The van der Waals surface area contributed by atoms with Crippen molar-refractivity contribution in [2.24, 2.45) is 0 Å². The summed E-state index contributed by atoms with van der Waals surface area (Å²) in [5.74, 6) is -2.65. The summed E-state index contributed by atoms with van der Waals surface area (Å²) in [6.45, 7) is 2.16. The molecule has 0 aliphatic carbocycles. The lowest BCUT2D eigenvalue weighted by Gasteiger charge is -2.19. The number of nitriles is 1. The molecule has 0 spiro atoms. The van der Waals surface area contributed by atoms with E-state index in [4.69, 9.17) is 10.00 Å². The summed E-state index contributed by atoms with van der Waals surface area (Å²) in [4.78, 5) is 0. The van der Waals surface area contributed by atoms with Crippen molar-refractivity contribution in [3.63, 3.8) is 0 Å². The van der Waals surface area contributed by atoms with Crippen LogP contribution in [-0.4, -0.2) is 0 Å². The van der Waals surface area contributed by atoms with Crippen LogP contribution in [0.15, 0.2) is 103 Å². The Morgan fingerprint density at radius 1 is 0.636 bits per heavy atom. The van der Waals surface area contributed by atoms with Crippen LogP contribution in [0.5, 0.6) is 5.75 Å². The van der Waals surface area contributed by atoms with Gasteiger partial charge in [0.2, 0.25) is 0 Å². The van der Waals surface area contributed by atoms with Crippen molar-refractivity contribution in [2.75, 3.05) is 0 Å². The Hall–Kier alpha value is -4.96. The van der Waals surface area contributed by atoms with Crippen LogP contribution >= 0.6 is 0 Å². The molecule has 0 aliphatic rings. The monoisotopic (exact) mass is 597 g/mol. The van der Waals surface area contributed by atoms with Gasteiger partial charge < -0.3 is 4.74 Å². The first-order chi connectivity index (χ1) is 21.2. The number of benzene rings is 5. The van der Waals surface area contributed by atoms with E-state index in [0.717, 1.165) is 55.2 Å². The largest absolute Gasteiger partial charge is 0.429 e. The lowest BCUT2D eigenvalue weighted by atomic mass is 9.97. The third kappa shape index (κ3) is 6.81. The Morgan fingerprint density at radius 3 is 1.86 bits per heavy atom. The molecule has 44 heavy (non-hydrogen) atoms. The SMILES string of the molecule is CCCCCc1ccc(-c2ccc(-c3ccc(C(F)(F)Oc4ccc(-c5ccc(C#N)c(F)c5)c(F)c4)cc3)c(F)c2)cc1. The van der Waals surface area contributed by atoms with Gasteiger partial charge in [-0.05, 0) is 83.1 Å². The molecule has 0 radical (unpaired) electrons. The molecule has 0 aromatic heterocycles. The van der Waals surface area contributed by atoms with E-state index in [1.165, 1.54) is 48.4 Å². The van der Waals surface area contributed by atoms with Crippen LogP contribution in [0.1, 0.15) is 42.9 Å². The van der Waals surface area contributed by atoms with Crippen molar-refractivity contribution in [3.05, 3.63) is 137 Å². The predicted molar refractivity (Wildman–Crippen MR) is 162 cm³/mol. The molecule has 0 bridgehead atoms. The van der Waals surface area contributed by atoms with E-state index in [1.807, 2.05) is 12.1 Å². The number of hydrogen-bond acceptors (Lipinski definition) is 2. The number of hydrogen-bond donors (Lipinski definition) is 0. The fourth-order valence-electron chi connectivity index (χ4n) is 4.99. The molecule has 0 saturated carbocycles. The maximum atomic E-state index is 15.1. The molecule has 0 fully saturated rings. The second-order valence-corrected chi connectivity index (χ2v) is 10.5. The minimum absolute atomic E-state index is 0.0409. The van der Waals surface area contributed by atoms with Gasteiger partial charge in [-0.3, -0.25) is 0 Å². The molecule has 0 heterocycles. The highest BCUT2D eigenvalue weighted by Crippen LogP contribution is 2.36. The summed E-state index contributed by atoms with van der Waals surface area (Å²) in [5.41, 5.74) is 2.91. The summed E-state index contributed by atoms with van der Waals surface area (Å²) >= 11 is 0. The molecule has 0 saturated heterocycles. The zero-order chi connectivity index (χ0) is 31.3. The first-order valence-corrected chi connectivity index (χ1v) is 14.2. The van der Waals surface area contributed by atoms with Crippen molar-refractivity contribution in [3.8, 4) is 45.2 Å². The lowest BCUT2D eigenvalue weighted by Crippen LogP contribution is -2.21. The standard InChI is InChI=1S/C37H28F5NO/c1-2-3-4-5-24-6-8-25(9-7-24)27-14-18-32(35(39)20-27)26-12-15-30(16-13-26)37(41,42)44-31-17-19-33(36(40)22-31)28-10-11-29(23-43)34(38)21-28/h6-22H,2-5H2,1H3. The quantitative estimate of drug-likeness (QED) is 0.119. The minimum Gasteiger partial charge on any atom is -0.429 e. The second-order valence-electron chi connectivity index (χ2n) is 10.5. The molecule has 0 amide bonds. The van der Waals surface area contributed by atoms with Gasteiger partial charge in [0.25, 0.3) is 0 Å². The summed E-state index contributed by atoms with van der Waals surface area (Å²) in [5, 5.41) is 8.87. The molecular formula is C37H28F5NO. The molecule has 0 atom stereocenters. The average Bonchev–Trinajstić information content (AvgIpc) is 3.01. The first-order valence-electron chi connectivity index (χ1n) is 14.2. The first kappa shape index (κ1) is 30.5. The van der Waals surface area contributed by atoms with Crippen LogP contribution in [0.3, 0.4) is 0 Å². The van der Waals surface area contributed by atoms with Crippen molar-refractivity contribution in [2.45, 2.75) is 38.7 Å². The van der Waals surface area contributed by atoms with E-state index in [9.17, 15) is 8.78 Å². The van der Waals surface area contributed by atoms with Gasteiger partial charge in [0.05, 0.1) is 11.1 Å². The predicted octanol–water partition coefficient (Wildman–Crippen LogP) is 10.8. The minimum atomic E-state index is -3.82. The van der Waals surface area contributed by atoms with Gasteiger partial charge >= 0.3 is 6.11 Å². The Labute approximate surface area is 253 Å². The van der Waals surface area contributed by atoms with Crippen LogP contribution in [0.4, 0.5) is 22.0 Å². The highest BCUT2D eigenvalue weighted by atomic mass is 19.3. The van der Waals surface area contributed by atoms with Gasteiger partial charge in [0.1, 0.15) is 29.3 Å². The Kier molecular flexibility index (Phi) is 9.10. The molecule has 222 valence electrons. The van der Waals surface area contributed by atoms with Gasteiger partial charge in [-0.15, -0.1) is 0 Å². The van der Waals surface area contributed by atoms with Gasteiger partial charge in [-0.25, -0.2) is 13.2 Å². The van der Waals surface area contributed by atoms with Crippen molar-refractivity contribution >= 4 is 0 Å². The summed E-state index contributed by atoms with van der Waals surface area (Å²) < 4.78 is 78.7. The zero-order valence-electron chi connectivity index (χ0n) is 23.9. The number of unbranched alkanes of at least 4 members (excludes halogenated alkanes) is 2. The third-order valence-electron chi connectivity index (χ3n) is 7.44. The molecule has 0 unspecified atom stereocenters. The van der Waals surface area contributed by atoms with Gasteiger partial charge in [0.15, 0.2) is 0 Å². The molecule has 7 heteroatoms. The van der Waals surface area contributed by atoms with E-state index in [0.29, 0.717) is 11.1 Å². The number of rotatable bonds is 10. The van der Waals surface area contributed by atoms with Gasteiger partial charge in [0, 0.05) is 17.2 Å². The fourth-order valence-corrected chi connectivity index (χ4v) is 4.99. The van der Waals surface area contributed by atoms with E-state index in [1.54, 1.807) is 18.2 Å². The lowest BCUT2D eigenvalue weighted by molar-refractivity contribution is -0.185. The number of alkyl halides is 2. The van der Waals surface area contributed by atoms with Crippen molar-refractivity contribution in [1.82, 2.24) is 0 Å². The van der Waals surface area contributed by atoms with E-state index < -0.39 is 34.9 Å². The van der Waals surface area contributed by atoms with E-state index >= 15 is 13.2 Å². The number of halogens is 5. The highest BCUT2D eigenvalue weighted by molar-refractivity contribution is 5.71. The zero-order valence-corrected chi connectivity index (χ0v) is 23.9. The van der Waals surface area contributed by atoms with Gasteiger partial charge in [-0.1, -0.05) is 74.4 Å². The number of aryl methyl sites for hydroxylation is 1. The van der Waals surface area contributed by atoms with Crippen LogP contribution in [0.25, 0.3) is 33.4 Å². The van der Waals surface area contributed by atoms with E-state index in [-0.39, 0.29) is 22.3 Å². The molecule has 5 aromatic rings. The smallest absolute Gasteiger partial charge is 0.426 e. The fraction of sp³-hybridized carbons (Fsp3) is 0.162. The Bertz CT molecular complexity index is 1810. The van der Waals surface area contributed by atoms with Crippen LogP contribution in [0, 0.1) is 28.8 Å². The topological polar surface area (TPSA) is 33.0 Å². The maximum Gasteiger partial charge on any atom is 0.426 e. The molecule has 2 nitrogen and oxygen atoms in total. The van der Waals surface area contributed by atoms with E-state index in [2.05, 4.69) is 19.1 Å². The third-order valence-corrected chi connectivity index (χ3v) is 7.44. The van der Waals surface area contributed by atoms with Crippen LogP contribution in [0.2, 0.25) is 0 Å². The maximum absolute atomic E-state index is 15.1. The normalized spacial score (nSPS) is 11.3. The molecule has 0 aliphatic heterocycles. The average molecular weight is 598 g/mol. The number of ether oxygens (including phenoxy) is 1.